The second-order valence-electron chi connectivity index (χ2n) is 10.7. The van der Waals surface area contributed by atoms with Crippen molar-refractivity contribution in [1.82, 2.24) is 19.6 Å². The molecule has 1 aromatic heterocycles. The predicted molar refractivity (Wildman–Crippen MR) is 168 cm³/mol. The van der Waals surface area contributed by atoms with Crippen molar-refractivity contribution in [1.29, 1.82) is 5.41 Å². The van der Waals surface area contributed by atoms with Gasteiger partial charge in [-0.25, -0.2) is 13.4 Å². The van der Waals surface area contributed by atoms with E-state index >= 15 is 0 Å². The molecule has 1 aliphatic heterocycles. The fraction of sp³-hybridized carbons (Fsp3) is 0.571. The molecule has 0 bridgehead atoms. The minimum atomic E-state index is -3.92. The molecule has 0 spiro atoms. The molecule has 1 unspecified atom stereocenters. The molecule has 19 nitrogen and oxygen atoms in total. The molecule has 264 valence electrons. The van der Waals surface area contributed by atoms with Gasteiger partial charge in [0.1, 0.15) is 30.9 Å². The second kappa shape index (κ2) is 18.0. The summed E-state index contributed by atoms with van der Waals surface area (Å²) in [5, 5.41) is 30.0. The molecule has 1 atom stereocenters. The molecule has 0 saturated carbocycles. The van der Waals surface area contributed by atoms with E-state index in [2.05, 4.69) is 25.0 Å². The lowest BCUT2D eigenvalue weighted by Gasteiger charge is -2.38. The van der Waals surface area contributed by atoms with Crippen LogP contribution in [0.4, 0.5) is 0 Å². The third-order valence-electron chi connectivity index (χ3n) is 7.10. The predicted octanol–water partition coefficient (Wildman–Crippen LogP) is 1.85. The van der Waals surface area contributed by atoms with Gasteiger partial charge in [-0.15, -0.1) is 20.2 Å². The first-order valence-electron chi connectivity index (χ1n) is 15.3. The van der Waals surface area contributed by atoms with Crippen molar-refractivity contribution >= 4 is 21.7 Å². The molecule has 3 rings (SSSR count). The normalized spacial score (nSPS) is 14.0. The molecule has 3 N–H and O–H groups in total. The number of ether oxygens (including phenoxy) is 2. The lowest BCUT2D eigenvalue weighted by atomic mass is 10.1. The van der Waals surface area contributed by atoms with E-state index < -0.39 is 44.4 Å². The topological polar surface area (TPSA) is 259 Å². The lowest BCUT2D eigenvalue weighted by molar-refractivity contribution is -0.790. The molecule has 1 fully saturated rings. The van der Waals surface area contributed by atoms with Crippen molar-refractivity contribution in [2.45, 2.75) is 69.4 Å². The molecular formula is C28H39N7O12S. The third-order valence-corrected chi connectivity index (χ3v) is 8.93. The van der Waals surface area contributed by atoms with Crippen LogP contribution in [-0.2, 0) is 29.2 Å². The number of hydrogen-bond donors (Lipinski definition) is 3. The average Bonchev–Trinajstić information content (AvgIpc) is 3.00. The number of aromatic amines is 1. The largest absolute Gasteiger partial charge is 0.493 e. The third kappa shape index (κ3) is 11.2. The Morgan fingerprint density at radius 1 is 1.17 bits per heavy atom. The molecule has 0 aliphatic carbocycles. The summed E-state index contributed by atoms with van der Waals surface area (Å²) in [6.07, 6.45) is 0.686. The van der Waals surface area contributed by atoms with Crippen molar-refractivity contribution in [3.8, 4) is 17.1 Å². The zero-order chi connectivity index (χ0) is 35.3. The van der Waals surface area contributed by atoms with Crippen LogP contribution in [0.3, 0.4) is 0 Å². The summed E-state index contributed by atoms with van der Waals surface area (Å²) in [5.41, 5.74) is 0.179. The molecule has 1 aromatic carbocycles. The number of aromatic nitrogens is 2. The van der Waals surface area contributed by atoms with Crippen LogP contribution in [0.25, 0.3) is 11.4 Å². The molecule has 0 radical (unpaired) electrons. The Morgan fingerprint density at radius 3 is 2.58 bits per heavy atom. The first-order chi connectivity index (χ1) is 22.8. The number of rotatable bonds is 22. The van der Waals surface area contributed by atoms with E-state index in [1.54, 1.807) is 6.92 Å². The van der Waals surface area contributed by atoms with Crippen LogP contribution < -0.4 is 15.6 Å². The summed E-state index contributed by atoms with van der Waals surface area (Å²) in [6, 6.07) is 5.36. The number of carbonyl (C=O) groups excluding carboxylic acids is 1. The van der Waals surface area contributed by atoms with Gasteiger partial charge in [0.05, 0.1) is 28.5 Å². The van der Waals surface area contributed by atoms with E-state index in [0.29, 0.717) is 31.4 Å². The number of carbonyl (C=O) groups is 1. The first kappa shape index (κ1) is 37.8. The van der Waals surface area contributed by atoms with Gasteiger partial charge in [0.2, 0.25) is 10.0 Å². The van der Waals surface area contributed by atoms with Crippen molar-refractivity contribution in [2.75, 3.05) is 39.5 Å². The Hall–Kier alpha value is -4.69. The molecule has 1 saturated heterocycles. The first-order valence-corrected chi connectivity index (χ1v) is 16.7. The van der Waals surface area contributed by atoms with Crippen molar-refractivity contribution in [3.05, 3.63) is 60.5 Å². The quantitative estimate of drug-likeness (QED) is 0.0522. The summed E-state index contributed by atoms with van der Waals surface area (Å²) in [7, 11) is -3.92. The smallest absolute Gasteiger partial charge is 0.305 e. The highest BCUT2D eigenvalue weighted by molar-refractivity contribution is 7.89. The maximum Gasteiger partial charge on any atom is 0.305 e. The van der Waals surface area contributed by atoms with Crippen LogP contribution in [-0.4, -0.2) is 96.1 Å². The average molecular weight is 698 g/mol. The molecule has 0 amide bonds. The number of nitrogens with zero attached hydrogens (tertiary/aromatic N) is 4. The standard InChI is InChI=1S/C28H39N7O12S/c1-3-7-23(29)24-15-26(36)32-28(31-24)22-14-21(10-11-25(22)44-4-2)48(42,43)33-16-19(17-33)30-12-13-45-27(37)9-6-5-8-20(47-35(40)41)18-46-34(38)39/h10-11,14-15,19-20,29-30H,3-9,12-13,16-18H2,1-2H3,(H,31,32,36). The van der Waals surface area contributed by atoms with E-state index in [1.165, 1.54) is 28.6 Å². The zero-order valence-corrected chi connectivity index (χ0v) is 27.4. The Kier molecular flexibility index (Phi) is 14.2. The summed E-state index contributed by atoms with van der Waals surface area (Å²) in [6.45, 7) is 4.01. The van der Waals surface area contributed by atoms with Crippen LogP contribution in [0.5, 0.6) is 5.75 Å². The van der Waals surface area contributed by atoms with E-state index in [1.807, 2.05) is 6.92 Å². The number of benzene rings is 1. The lowest BCUT2D eigenvalue weighted by Crippen LogP contribution is -2.60. The number of unbranched alkanes of at least 4 members (excludes halogenated alkanes) is 1. The summed E-state index contributed by atoms with van der Waals surface area (Å²) in [5.74, 6) is -0.0866. The molecule has 1 aliphatic rings. The molecule has 48 heavy (non-hydrogen) atoms. The highest BCUT2D eigenvalue weighted by Gasteiger charge is 2.37. The molecule has 20 heteroatoms. The van der Waals surface area contributed by atoms with Crippen LogP contribution >= 0.6 is 0 Å². The van der Waals surface area contributed by atoms with Gasteiger partial charge in [0.15, 0.2) is 0 Å². The SMILES string of the molecule is CCCC(=N)c1cc(=O)[nH]c(-c2cc(S(=O)(=O)N3CC(NCCOC(=O)CCCCC(CO[N+](=O)[O-])O[N+](=O)[O-])C3)ccc2OCC)n1. The van der Waals surface area contributed by atoms with Crippen molar-refractivity contribution in [3.63, 3.8) is 0 Å². The van der Waals surface area contributed by atoms with Gasteiger partial charge in [-0.2, -0.15) is 4.31 Å². The van der Waals surface area contributed by atoms with E-state index in [9.17, 15) is 38.2 Å². The minimum absolute atomic E-state index is 0.0217. The number of H-pyrrole nitrogens is 1. The maximum atomic E-state index is 13.4. The van der Waals surface area contributed by atoms with Crippen LogP contribution in [0.1, 0.15) is 58.1 Å². The highest BCUT2D eigenvalue weighted by Crippen LogP contribution is 2.32. The number of nitrogens with one attached hydrogen (secondary N) is 3. The molecule has 2 heterocycles. The fourth-order valence-corrected chi connectivity index (χ4v) is 6.30. The second-order valence-corrected chi connectivity index (χ2v) is 12.6. The number of hydrogen-bond acceptors (Lipinski definition) is 15. The van der Waals surface area contributed by atoms with Crippen LogP contribution in [0, 0.1) is 25.6 Å². The monoisotopic (exact) mass is 697 g/mol. The highest BCUT2D eigenvalue weighted by atomic mass is 32.2. The Morgan fingerprint density at radius 2 is 1.92 bits per heavy atom. The van der Waals surface area contributed by atoms with Gasteiger partial charge in [0.25, 0.3) is 15.7 Å². The van der Waals surface area contributed by atoms with Crippen LogP contribution in [0.15, 0.2) is 34.0 Å². The van der Waals surface area contributed by atoms with Crippen LogP contribution in [0.2, 0.25) is 0 Å². The Labute approximate surface area is 275 Å². The van der Waals surface area contributed by atoms with Gasteiger partial charge in [0, 0.05) is 38.2 Å². The van der Waals surface area contributed by atoms with Gasteiger partial charge in [-0.05, 0) is 44.4 Å². The summed E-state index contributed by atoms with van der Waals surface area (Å²) < 4.78 is 39.0. The van der Waals surface area contributed by atoms with Gasteiger partial charge in [-0.3, -0.25) is 9.59 Å². The Bertz CT molecular complexity index is 1610. The number of esters is 1. The molecule has 2 aromatic rings. The van der Waals surface area contributed by atoms with Gasteiger partial charge in [-0.1, -0.05) is 19.8 Å². The van der Waals surface area contributed by atoms with E-state index in [-0.39, 0.29) is 79.4 Å². The van der Waals surface area contributed by atoms with E-state index in [0.717, 1.165) is 0 Å². The van der Waals surface area contributed by atoms with Gasteiger partial charge < -0.3 is 34.9 Å². The maximum absolute atomic E-state index is 13.4. The fourth-order valence-electron chi connectivity index (χ4n) is 4.74. The van der Waals surface area contributed by atoms with Crippen molar-refractivity contribution in [2.24, 2.45) is 0 Å². The number of sulfonamides is 1. The summed E-state index contributed by atoms with van der Waals surface area (Å²) >= 11 is 0. The van der Waals surface area contributed by atoms with E-state index in [4.69, 9.17) is 14.9 Å². The minimum Gasteiger partial charge on any atom is -0.493 e. The Balaban J connectivity index is 1.48. The zero-order valence-electron chi connectivity index (χ0n) is 26.5. The summed E-state index contributed by atoms with van der Waals surface area (Å²) in [4.78, 5) is 60.7. The van der Waals surface area contributed by atoms with Gasteiger partial charge >= 0.3 is 5.97 Å². The van der Waals surface area contributed by atoms with Crippen molar-refractivity contribution < 1.29 is 42.5 Å². The molecular weight excluding hydrogens is 658 g/mol.